The first kappa shape index (κ1) is 16.1. The number of thiazole rings is 1. The minimum Gasteiger partial charge on any atom is -0.383 e. The molecule has 0 fully saturated rings. The molecule has 118 valence electrons. The average Bonchev–Trinajstić information content (AvgIpc) is 2.93. The quantitative estimate of drug-likeness (QED) is 0.793. The predicted octanol–water partition coefficient (Wildman–Crippen LogP) is 2.13. The second-order valence-electron chi connectivity index (χ2n) is 4.58. The summed E-state index contributed by atoms with van der Waals surface area (Å²) in [6.07, 6.45) is -2.45. The van der Waals surface area contributed by atoms with Gasteiger partial charge >= 0.3 is 6.18 Å². The van der Waals surface area contributed by atoms with Crippen LogP contribution in [0.5, 0.6) is 0 Å². The van der Waals surface area contributed by atoms with E-state index in [-0.39, 0.29) is 0 Å². The zero-order chi connectivity index (χ0) is 15.5. The molecule has 0 unspecified atom stereocenters. The van der Waals surface area contributed by atoms with E-state index < -0.39 is 12.7 Å². The topological polar surface area (TPSA) is 41.8 Å². The number of methoxy groups -OCH3 is 1. The standard InChI is InChI=1S/C12H17F3N4OS/c1-18(8-12(13,14)15)10-9(7-16-3-5-20-2)19-4-6-21-11(19)17-10/h4,6,16H,3,5,7-8H2,1-2H3. The zero-order valence-electron chi connectivity index (χ0n) is 11.8. The molecule has 2 rings (SSSR count). The molecule has 0 bridgehead atoms. The van der Waals surface area contributed by atoms with Gasteiger partial charge in [0.2, 0.25) is 0 Å². The van der Waals surface area contributed by atoms with Crippen LogP contribution in [-0.2, 0) is 11.3 Å². The van der Waals surface area contributed by atoms with Crippen LogP contribution in [0.2, 0.25) is 0 Å². The molecule has 0 radical (unpaired) electrons. The van der Waals surface area contributed by atoms with Crippen LogP contribution in [0.15, 0.2) is 11.6 Å². The lowest BCUT2D eigenvalue weighted by Crippen LogP contribution is -2.32. The summed E-state index contributed by atoms with van der Waals surface area (Å²) in [5.41, 5.74) is 0.717. The monoisotopic (exact) mass is 322 g/mol. The van der Waals surface area contributed by atoms with Gasteiger partial charge in [-0.05, 0) is 0 Å². The number of anilines is 1. The van der Waals surface area contributed by atoms with Gasteiger partial charge in [-0.3, -0.25) is 4.40 Å². The van der Waals surface area contributed by atoms with E-state index in [1.165, 1.54) is 18.4 Å². The van der Waals surface area contributed by atoms with Crippen molar-refractivity contribution in [3.05, 3.63) is 17.3 Å². The fourth-order valence-corrected chi connectivity index (χ4v) is 2.74. The number of ether oxygens (including phenoxy) is 1. The van der Waals surface area contributed by atoms with Crippen LogP contribution in [0, 0.1) is 0 Å². The third kappa shape index (κ3) is 4.08. The third-order valence-corrected chi connectivity index (χ3v) is 3.65. The summed E-state index contributed by atoms with van der Waals surface area (Å²) >= 11 is 1.39. The Labute approximate surface area is 124 Å². The molecule has 2 heterocycles. The minimum atomic E-state index is -4.26. The summed E-state index contributed by atoms with van der Waals surface area (Å²) in [6, 6.07) is 0. The van der Waals surface area contributed by atoms with E-state index in [2.05, 4.69) is 10.3 Å². The van der Waals surface area contributed by atoms with Crippen LogP contribution in [-0.4, -0.2) is 49.4 Å². The van der Waals surface area contributed by atoms with Gasteiger partial charge in [-0.1, -0.05) is 0 Å². The Hall–Kier alpha value is -1.32. The maximum atomic E-state index is 12.6. The van der Waals surface area contributed by atoms with E-state index in [0.29, 0.717) is 36.2 Å². The van der Waals surface area contributed by atoms with E-state index in [1.54, 1.807) is 7.11 Å². The van der Waals surface area contributed by atoms with Crippen molar-refractivity contribution in [1.29, 1.82) is 0 Å². The van der Waals surface area contributed by atoms with Crippen LogP contribution < -0.4 is 10.2 Å². The number of hydrogen-bond acceptors (Lipinski definition) is 5. The van der Waals surface area contributed by atoms with E-state index in [4.69, 9.17) is 4.74 Å². The van der Waals surface area contributed by atoms with Crippen LogP contribution in [0.4, 0.5) is 19.0 Å². The second kappa shape index (κ2) is 6.63. The summed E-state index contributed by atoms with van der Waals surface area (Å²) in [5.74, 6) is 0.351. The predicted molar refractivity (Wildman–Crippen MR) is 76.0 cm³/mol. The van der Waals surface area contributed by atoms with Gasteiger partial charge in [-0.15, -0.1) is 11.3 Å². The van der Waals surface area contributed by atoms with Gasteiger partial charge in [-0.2, -0.15) is 13.2 Å². The number of halogens is 3. The maximum absolute atomic E-state index is 12.6. The second-order valence-corrected chi connectivity index (χ2v) is 5.45. The fourth-order valence-electron chi connectivity index (χ4n) is 2.02. The Morgan fingerprint density at radius 2 is 2.24 bits per heavy atom. The summed E-state index contributed by atoms with van der Waals surface area (Å²) < 4.78 is 44.4. The highest BCUT2D eigenvalue weighted by Crippen LogP contribution is 2.26. The van der Waals surface area contributed by atoms with Gasteiger partial charge in [0.05, 0.1) is 12.3 Å². The van der Waals surface area contributed by atoms with Crippen molar-refractivity contribution in [1.82, 2.24) is 14.7 Å². The number of hydrogen-bond donors (Lipinski definition) is 1. The van der Waals surface area contributed by atoms with Crippen molar-refractivity contribution in [2.45, 2.75) is 12.7 Å². The molecule has 0 aliphatic rings. The maximum Gasteiger partial charge on any atom is 0.405 e. The van der Waals surface area contributed by atoms with Gasteiger partial charge in [0.25, 0.3) is 0 Å². The molecular formula is C12H17F3N4OS. The average molecular weight is 322 g/mol. The van der Waals surface area contributed by atoms with Gasteiger partial charge in [0.15, 0.2) is 10.8 Å². The molecule has 21 heavy (non-hydrogen) atoms. The van der Waals surface area contributed by atoms with E-state index >= 15 is 0 Å². The number of alkyl halides is 3. The van der Waals surface area contributed by atoms with Gasteiger partial charge < -0.3 is 15.0 Å². The number of rotatable bonds is 7. The third-order valence-electron chi connectivity index (χ3n) is 2.89. The van der Waals surface area contributed by atoms with Crippen molar-refractivity contribution >= 4 is 22.1 Å². The Kier molecular flexibility index (Phi) is 5.07. The first-order valence-corrected chi connectivity index (χ1v) is 7.22. The molecule has 0 saturated carbocycles. The number of aromatic nitrogens is 2. The molecule has 0 atom stereocenters. The van der Waals surface area contributed by atoms with Crippen molar-refractivity contribution in [2.24, 2.45) is 0 Å². The first-order valence-electron chi connectivity index (χ1n) is 6.34. The lowest BCUT2D eigenvalue weighted by atomic mass is 10.3. The highest BCUT2D eigenvalue weighted by atomic mass is 32.1. The SMILES string of the molecule is COCCNCc1c(N(C)CC(F)(F)F)nc2sccn12. The normalized spacial score (nSPS) is 12.2. The summed E-state index contributed by atoms with van der Waals surface area (Å²) in [6.45, 7) is 0.567. The van der Waals surface area contributed by atoms with Crippen molar-refractivity contribution in [3.63, 3.8) is 0 Å². The molecule has 0 saturated heterocycles. The molecule has 0 aliphatic carbocycles. The van der Waals surface area contributed by atoms with Crippen LogP contribution in [0.1, 0.15) is 5.69 Å². The number of nitrogens with one attached hydrogen (secondary N) is 1. The lowest BCUT2D eigenvalue weighted by Gasteiger charge is -2.20. The van der Waals surface area contributed by atoms with Gasteiger partial charge in [-0.25, -0.2) is 4.98 Å². The first-order chi connectivity index (χ1) is 9.92. The summed E-state index contributed by atoms with van der Waals surface area (Å²) in [4.78, 5) is 6.11. The summed E-state index contributed by atoms with van der Waals surface area (Å²) in [7, 11) is 3.00. The largest absolute Gasteiger partial charge is 0.405 e. The number of nitrogens with zero attached hydrogens (tertiary/aromatic N) is 3. The highest BCUT2D eigenvalue weighted by Gasteiger charge is 2.31. The summed E-state index contributed by atoms with van der Waals surface area (Å²) in [5, 5.41) is 5.00. The number of imidazole rings is 1. The Balaban J connectivity index is 2.19. The number of fused-ring (bicyclic) bond motifs is 1. The molecule has 0 aromatic carbocycles. The van der Waals surface area contributed by atoms with Crippen LogP contribution in [0.3, 0.4) is 0 Å². The van der Waals surface area contributed by atoms with E-state index in [9.17, 15) is 13.2 Å². The Morgan fingerprint density at radius 1 is 1.48 bits per heavy atom. The molecule has 0 spiro atoms. The van der Waals surface area contributed by atoms with Crippen molar-refractivity contribution < 1.29 is 17.9 Å². The minimum absolute atomic E-state index is 0.351. The molecule has 0 aliphatic heterocycles. The molecule has 1 N–H and O–H groups in total. The smallest absolute Gasteiger partial charge is 0.383 e. The van der Waals surface area contributed by atoms with Crippen molar-refractivity contribution in [3.8, 4) is 0 Å². The van der Waals surface area contributed by atoms with Crippen LogP contribution >= 0.6 is 11.3 Å². The Morgan fingerprint density at radius 3 is 2.90 bits per heavy atom. The molecule has 2 aromatic heterocycles. The van der Waals surface area contributed by atoms with E-state index in [1.807, 2.05) is 16.0 Å². The fraction of sp³-hybridized carbons (Fsp3) is 0.583. The molecule has 0 amide bonds. The van der Waals surface area contributed by atoms with E-state index in [0.717, 1.165) is 4.90 Å². The highest BCUT2D eigenvalue weighted by molar-refractivity contribution is 7.15. The molecular weight excluding hydrogens is 305 g/mol. The molecule has 5 nitrogen and oxygen atoms in total. The lowest BCUT2D eigenvalue weighted by molar-refractivity contribution is -0.119. The molecule has 9 heteroatoms. The van der Waals surface area contributed by atoms with Crippen molar-refractivity contribution in [2.75, 3.05) is 38.8 Å². The van der Waals surface area contributed by atoms with Gasteiger partial charge in [0.1, 0.15) is 6.54 Å². The molecule has 2 aromatic rings. The van der Waals surface area contributed by atoms with Gasteiger partial charge in [0, 0.05) is 38.8 Å². The zero-order valence-corrected chi connectivity index (χ0v) is 12.6. The Bertz CT molecular complexity index is 581. The van der Waals surface area contributed by atoms with Crippen LogP contribution in [0.25, 0.3) is 4.96 Å².